The standard InChI is InChI=1S/C15H24N2O2/c1-4-14(13-7-5-11(2)6-8-13)17-15(19)16-12(3)9-10-18/h5-8,12,14,18H,4,9-10H2,1-3H3,(H2,16,17,19)/t12-,14?/m1/s1. The average molecular weight is 264 g/mol. The molecule has 2 amide bonds. The van der Waals surface area contributed by atoms with Crippen molar-refractivity contribution in [3.05, 3.63) is 35.4 Å². The molecule has 0 saturated heterocycles. The van der Waals surface area contributed by atoms with E-state index in [1.165, 1.54) is 5.56 Å². The SMILES string of the molecule is CCC(NC(=O)N[C@H](C)CCO)c1ccc(C)cc1. The summed E-state index contributed by atoms with van der Waals surface area (Å²) in [6, 6.07) is 7.98. The van der Waals surface area contributed by atoms with Gasteiger partial charge in [-0.1, -0.05) is 36.8 Å². The molecule has 0 aromatic heterocycles. The molecule has 1 unspecified atom stereocenters. The molecule has 1 aromatic rings. The first-order valence-electron chi connectivity index (χ1n) is 6.81. The van der Waals surface area contributed by atoms with E-state index in [0.29, 0.717) is 6.42 Å². The van der Waals surface area contributed by atoms with E-state index >= 15 is 0 Å². The highest BCUT2D eigenvalue weighted by molar-refractivity contribution is 5.74. The number of aryl methyl sites for hydroxylation is 1. The first-order valence-corrected chi connectivity index (χ1v) is 6.81. The molecule has 2 atom stereocenters. The number of nitrogens with one attached hydrogen (secondary N) is 2. The second-order valence-electron chi connectivity index (χ2n) is 4.90. The number of aliphatic hydroxyl groups is 1. The van der Waals surface area contributed by atoms with Gasteiger partial charge >= 0.3 is 6.03 Å². The molecule has 3 N–H and O–H groups in total. The van der Waals surface area contributed by atoms with Gasteiger partial charge in [0.1, 0.15) is 0 Å². The zero-order valence-electron chi connectivity index (χ0n) is 11.9. The molecular formula is C15H24N2O2. The van der Waals surface area contributed by atoms with Crippen LogP contribution in [0, 0.1) is 6.92 Å². The average Bonchev–Trinajstić information content (AvgIpc) is 2.37. The summed E-state index contributed by atoms with van der Waals surface area (Å²) in [4.78, 5) is 11.8. The molecular weight excluding hydrogens is 240 g/mol. The maximum absolute atomic E-state index is 11.8. The fourth-order valence-electron chi connectivity index (χ4n) is 1.91. The molecule has 106 valence electrons. The largest absolute Gasteiger partial charge is 0.396 e. The molecule has 4 heteroatoms. The Hall–Kier alpha value is -1.55. The molecule has 1 aromatic carbocycles. The summed E-state index contributed by atoms with van der Waals surface area (Å²) in [6.07, 6.45) is 1.40. The molecule has 0 heterocycles. The molecule has 0 saturated carbocycles. The zero-order valence-corrected chi connectivity index (χ0v) is 11.9. The monoisotopic (exact) mass is 264 g/mol. The van der Waals surface area contributed by atoms with Gasteiger partial charge in [-0.3, -0.25) is 0 Å². The van der Waals surface area contributed by atoms with E-state index in [0.717, 1.165) is 12.0 Å². The van der Waals surface area contributed by atoms with Crippen LogP contribution in [0.1, 0.15) is 43.9 Å². The lowest BCUT2D eigenvalue weighted by atomic mass is 10.0. The Morgan fingerprint density at radius 2 is 1.89 bits per heavy atom. The van der Waals surface area contributed by atoms with Crippen molar-refractivity contribution in [3.63, 3.8) is 0 Å². The van der Waals surface area contributed by atoms with E-state index in [-0.39, 0.29) is 24.7 Å². The first-order chi connectivity index (χ1) is 9.06. The quantitative estimate of drug-likeness (QED) is 0.739. The minimum absolute atomic E-state index is 0.0157. The minimum atomic E-state index is -0.187. The predicted molar refractivity (Wildman–Crippen MR) is 77.0 cm³/mol. The lowest BCUT2D eigenvalue weighted by Crippen LogP contribution is -2.42. The Morgan fingerprint density at radius 3 is 2.42 bits per heavy atom. The summed E-state index contributed by atoms with van der Waals surface area (Å²) in [7, 11) is 0. The Morgan fingerprint density at radius 1 is 1.26 bits per heavy atom. The van der Waals surface area contributed by atoms with Gasteiger partial charge in [0, 0.05) is 12.6 Å². The number of hydrogen-bond donors (Lipinski definition) is 3. The van der Waals surface area contributed by atoms with Gasteiger partial charge < -0.3 is 15.7 Å². The summed E-state index contributed by atoms with van der Waals surface area (Å²) in [5.74, 6) is 0. The Balaban J connectivity index is 2.56. The van der Waals surface area contributed by atoms with Gasteiger partial charge in [-0.15, -0.1) is 0 Å². The lowest BCUT2D eigenvalue weighted by Gasteiger charge is -2.20. The highest BCUT2D eigenvalue weighted by Gasteiger charge is 2.13. The van der Waals surface area contributed by atoms with Crippen molar-refractivity contribution in [1.82, 2.24) is 10.6 Å². The molecule has 4 nitrogen and oxygen atoms in total. The molecule has 0 aliphatic rings. The molecule has 0 aliphatic heterocycles. The van der Waals surface area contributed by atoms with Gasteiger partial charge in [0.05, 0.1) is 6.04 Å². The fraction of sp³-hybridized carbons (Fsp3) is 0.533. The van der Waals surface area contributed by atoms with Gasteiger partial charge in [-0.05, 0) is 32.3 Å². The predicted octanol–water partition coefficient (Wildman–Crippen LogP) is 2.52. The van der Waals surface area contributed by atoms with Gasteiger partial charge in [0.2, 0.25) is 0 Å². The first kappa shape index (κ1) is 15.5. The number of amides is 2. The van der Waals surface area contributed by atoms with E-state index in [1.54, 1.807) is 0 Å². The number of carbonyl (C=O) groups excluding carboxylic acids is 1. The van der Waals surface area contributed by atoms with Crippen molar-refractivity contribution < 1.29 is 9.90 Å². The number of urea groups is 1. The van der Waals surface area contributed by atoms with E-state index in [1.807, 2.05) is 45.0 Å². The van der Waals surface area contributed by atoms with E-state index in [4.69, 9.17) is 5.11 Å². The molecule has 0 spiro atoms. The number of aliphatic hydroxyl groups excluding tert-OH is 1. The topological polar surface area (TPSA) is 61.4 Å². The van der Waals surface area contributed by atoms with Gasteiger partial charge in [-0.25, -0.2) is 4.79 Å². The maximum atomic E-state index is 11.8. The van der Waals surface area contributed by atoms with Crippen molar-refractivity contribution in [3.8, 4) is 0 Å². The summed E-state index contributed by atoms with van der Waals surface area (Å²) >= 11 is 0. The summed E-state index contributed by atoms with van der Waals surface area (Å²) < 4.78 is 0. The van der Waals surface area contributed by atoms with E-state index in [9.17, 15) is 4.79 Å². The van der Waals surface area contributed by atoms with Crippen molar-refractivity contribution in [2.45, 2.75) is 45.7 Å². The van der Waals surface area contributed by atoms with Crippen LogP contribution in [-0.4, -0.2) is 23.8 Å². The molecule has 0 radical (unpaired) electrons. The van der Waals surface area contributed by atoms with Crippen LogP contribution in [0.3, 0.4) is 0 Å². The van der Waals surface area contributed by atoms with Crippen LogP contribution in [0.5, 0.6) is 0 Å². The van der Waals surface area contributed by atoms with Crippen molar-refractivity contribution in [2.75, 3.05) is 6.61 Å². The molecule has 0 aliphatic carbocycles. The zero-order chi connectivity index (χ0) is 14.3. The van der Waals surface area contributed by atoms with Crippen LogP contribution in [0.2, 0.25) is 0 Å². The Bertz CT molecular complexity index is 390. The van der Waals surface area contributed by atoms with Crippen molar-refractivity contribution >= 4 is 6.03 Å². The van der Waals surface area contributed by atoms with Crippen LogP contribution in [0.25, 0.3) is 0 Å². The normalized spacial score (nSPS) is 13.7. The van der Waals surface area contributed by atoms with Gasteiger partial charge in [-0.2, -0.15) is 0 Å². The minimum Gasteiger partial charge on any atom is -0.396 e. The summed E-state index contributed by atoms with van der Waals surface area (Å²) in [5.41, 5.74) is 2.32. The number of rotatable bonds is 6. The second-order valence-corrected chi connectivity index (χ2v) is 4.90. The van der Waals surface area contributed by atoms with Gasteiger partial charge in [0.15, 0.2) is 0 Å². The van der Waals surface area contributed by atoms with Crippen LogP contribution in [0.4, 0.5) is 4.79 Å². The maximum Gasteiger partial charge on any atom is 0.315 e. The molecule has 0 bridgehead atoms. The third-order valence-corrected chi connectivity index (χ3v) is 3.13. The smallest absolute Gasteiger partial charge is 0.315 e. The fourth-order valence-corrected chi connectivity index (χ4v) is 1.91. The lowest BCUT2D eigenvalue weighted by molar-refractivity contribution is 0.227. The van der Waals surface area contributed by atoms with Crippen LogP contribution in [0.15, 0.2) is 24.3 Å². The molecule has 0 fully saturated rings. The molecule has 19 heavy (non-hydrogen) atoms. The highest BCUT2D eigenvalue weighted by atomic mass is 16.3. The third-order valence-electron chi connectivity index (χ3n) is 3.13. The van der Waals surface area contributed by atoms with Crippen LogP contribution >= 0.6 is 0 Å². The van der Waals surface area contributed by atoms with Crippen LogP contribution < -0.4 is 10.6 Å². The van der Waals surface area contributed by atoms with E-state index < -0.39 is 0 Å². The number of benzene rings is 1. The Labute approximate surface area is 115 Å². The van der Waals surface area contributed by atoms with Gasteiger partial charge in [0.25, 0.3) is 0 Å². The van der Waals surface area contributed by atoms with Crippen molar-refractivity contribution in [2.24, 2.45) is 0 Å². The number of carbonyl (C=O) groups is 1. The molecule has 1 rings (SSSR count). The summed E-state index contributed by atoms with van der Waals surface area (Å²) in [6.45, 7) is 6.04. The highest BCUT2D eigenvalue weighted by Crippen LogP contribution is 2.16. The van der Waals surface area contributed by atoms with E-state index in [2.05, 4.69) is 10.6 Å². The second kappa shape index (κ2) is 7.79. The summed E-state index contributed by atoms with van der Waals surface area (Å²) in [5, 5.41) is 14.6. The Kier molecular flexibility index (Phi) is 6.36. The number of hydrogen-bond acceptors (Lipinski definition) is 2. The van der Waals surface area contributed by atoms with Crippen molar-refractivity contribution in [1.29, 1.82) is 0 Å². The third kappa shape index (κ3) is 5.30. The van der Waals surface area contributed by atoms with Crippen LogP contribution in [-0.2, 0) is 0 Å².